The second-order valence-corrected chi connectivity index (χ2v) is 7.41. The molecule has 1 aromatic heterocycles. The first-order chi connectivity index (χ1) is 12.5. The SMILES string of the molecule is COc1ccc(Cl)c2sc(NC(=O)COc3ccc(C(C)C)cc3)nc12. The van der Waals surface area contributed by atoms with Gasteiger partial charge in [0, 0.05) is 0 Å². The molecule has 0 saturated heterocycles. The molecule has 5 nitrogen and oxygen atoms in total. The van der Waals surface area contributed by atoms with Crippen LogP contribution in [-0.2, 0) is 4.79 Å². The fourth-order valence-corrected chi connectivity index (χ4v) is 3.60. The zero-order valence-electron chi connectivity index (χ0n) is 14.7. The number of thiazole rings is 1. The van der Waals surface area contributed by atoms with Crippen LogP contribution in [-0.4, -0.2) is 24.6 Å². The van der Waals surface area contributed by atoms with E-state index in [0.29, 0.717) is 33.1 Å². The number of rotatable bonds is 6. The summed E-state index contributed by atoms with van der Waals surface area (Å²) in [5.41, 5.74) is 1.85. The number of fused-ring (bicyclic) bond motifs is 1. The van der Waals surface area contributed by atoms with Crippen molar-refractivity contribution in [1.29, 1.82) is 0 Å². The van der Waals surface area contributed by atoms with Gasteiger partial charge in [0.1, 0.15) is 17.0 Å². The Hall–Kier alpha value is -2.31. The van der Waals surface area contributed by atoms with Crippen LogP contribution >= 0.6 is 22.9 Å². The normalized spacial score (nSPS) is 11.0. The highest BCUT2D eigenvalue weighted by Crippen LogP contribution is 2.37. The summed E-state index contributed by atoms with van der Waals surface area (Å²) in [6, 6.07) is 11.2. The molecule has 0 radical (unpaired) electrons. The van der Waals surface area contributed by atoms with Gasteiger partial charge in [-0.25, -0.2) is 4.98 Å². The molecular weight excluding hydrogens is 372 g/mol. The first-order valence-corrected chi connectivity index (χ1v) is 9.33. The number of ether oxygens (including phenoxy) is 2. The van der Waals surface area contributed by atoms with E-state index in [1.54, 1.807) is 19.2 Å². The molecule has 1 amide bonds. The number of nitrogens with one attached hydrogen (secondary N) is 1. The maximum absolute atomic E-state index is 12.1. The van der Waals surface area contributed by atoms with Gasteiger partial charge in [-0.15, -0.1) is 0 Å². The predicted octanol–water partition coefficient (Wildman–Crippen LogP) is 5.10. The molecule has 1 N–H and O–H groups in total. The van der Waals surface area contributed by atoms with Gasteiger partial charge in [-0.05, 0) is 35.7 Å². The molecule has 0 saturated carbocycles. The van der Waals surface area contributed by atoms with Gasteiger partial charge in [0.2, 0.25) is 0 Å². The number of methoxy groups -OCH3 is 1. The van der Waals surface area contributed by atoms with E-state index in [0.717, 1.165) is 4.70 Å². The lowest BCUT2D eigenvalue weighted by Gasteiger charge is -2.08. The van der Waals surface area contributed by atoms with Crippen LogP contribution < -0.4 is 14.8 Å². The number of anilines is 1. The highest BCUT2D eigenvalue weighted by atomic mass is 35.5. The third kappa shape index (κ3) is 4.08. The maximum atomic E-state index is 12.1. The van der Waals surface area contributed by atoms with Crippen molar-refractivity contribution >= 4 is 44.2 Å². The molecule has 3 aromatic rings. The van der Waals surface area contributed by atoms with E-state index in [-0.39, 0.29) is 12.5 Å². The molecule has 0 fully saturated rings. The summed E-state index contributed by atoms with van der Waals surface area (Å²) in [4.78, 5) is 16.5. The first kappa shape index (κ1) is 18.5. The lowest BCUT2D eigenvalue weighted by atomic mass is 10.0. The molecule has 7 heteroatoms. The fourth-order valence-electron chi connectivity index (χ4n) is 2.42. The van der Waals surface area contributed by atoms with Crippen molar-refractivity contribution in [3.05, 3.63) is 47.0 Å². The standard InChI is InChI=1S/C19H19ClN2O3S/c1-11(2)12-4-6-13(7-5-12)25-10-16(23)21-19-22-17-15(24-3)9-8-14(20)18(17)26-19/h4-9,11H,10H2,1-3H3,(H,21,22,23). The predicted molar refractivity (Wildman–Crippen MR) is 106 cm³/mol. The van der Waals surface area contributed by atoms with Crippen LogP contribution in [0.25, 0.3) is 10.2 Å². The molecule has 2 aromatic carbocycles. The Morgan fingerprint density at radius 1 is 1.23 bits per heavy atom. The summed E-state index contributed by atoms with van der Waals surface area (Å²) in [6.07, 6.45) is 0. The number of amides is 1. The van der Waals surface area contributed by atoms with Crippen LogP contribution in [0.2, 0.25) is 5.02 Å². The Morgan fingerprint density at radius 3 is 2.62 bits per heavy atom. The minimum atomic E-state index is -0.285. The number of hydrogen-bond donors (Lipinski definition) is 1. The molecule has 0 aliphatic carbocycles. The van der Waals surface area contributed by atoms with Crippen molar-refractivity contribution in [2.75, 3.05) is 19.0 Å². The minimum absolute atomic E-state index is 0.0954. The van der Waals surface area contributed by atoms with Gasteiger partial charge >= 0.3 is 0 Å². The molecule has 26 heavy (non-hydrogen) atoms. The van der Waals surface area contributed by atoms with Gasteiger partial charge in [0.15, 0.2) is 11.7 Å². The van der Waals surface area contributed by atoms with E-state index >= 15 is 0 Å². The molecular formula is C19H19ClN2O3S. The molecule has 1 heterocycles. The van der Waals surface area contributed by atoms with Crippen molar-refractivity contribution in [3.63, 3.8) is 0 Å². The number of halogens is 1. The summed E-state index contributed by atoms with van der Waals surface area (Å²) in [5, 5.41) is 3.76. The van der Waals surface area contributed by atoms with Gasteiger partial charge in [0.25, 0.3) is 5.91 Å². The van der Waals surface area contributed by atoms with Crippen LogP contribution in [0.5, 0.6) is 11.5 Å². The summed E-state index contributed by atoms with van der Waals surface area (Å²) in [6.45, 7) is 4.16. The van der Waals surface area contributed by atoms with E-state index < -0.39 is 0 Å². The van der Waals surface area contributed by atoms with Crippen molar-refractivity contribution in [2.45, 2.75) is 19.8 Å². The summed E-state index contributed by atoms with van der Waals surface area (Å²) < 4.78 is 11.6. The minimum Gasteiger partial charge on any atom is -0.494 e. The van der Waals surface area contributed by atoms with Gasteiger partial charge < -0.3 is 9.47 Å². The van der Waals surface area contributed by atoms with Gasteiger partial charge in [-0.2, -0.15) is 0 Å². The lowest BCUT2D eigenvalue weighted by molar-refractivity contribution is -0.118. The van der Waals surface area contributed by atoms with Crippen molar-refractivity contribution in [1.82, 2.24) is 4.98 Å². The lowest BCUT2D eigenvalue weighted by Crippen LogP contribution is -2.20. The number of nitrogens with zero attached hydrogens (tertiary/aromatic N) is 1. The largest absolute Gasteiger partial charge is 0.494 e. The van der Waals surface area contributed by atoms with Crippen LogP contribution in [0.1, 0.15) is 25.3 Å². The third-order valence-corrected chi connectivity index (χ3v) is 5.27. The molecule has 0 aliphatic rings. The quantitative estimate of drug-likeness (QED) is 0.636. The molecule has 3 rings (SSSR count). The van der Waals surface area contributed by atoms with Crippen molar-refractivity contribution < 1.29 is 14.3 Å². The number of hydrogen-bond acceptors (Lipinski definition) is 5. The number of benzene rings is 2. The smallest absolute Gasteiger partial charge is 0.264 e. The Balaban J connectivity index is 1.64. The van der Waals surface area contributed by atoms with Crippen LogP contribution in [0.15, 0.2) is 36.4 Å². The third-order valence-electron chi connectivity index (χ3n) is 3.84. The van der Waals surface area contributed by atoms with E-state index in [2.05, 4.69) is 24.1 Å². The second kappa shape index (κ2) is 7.93. The zero-order valence-corrected chi connectivity index (χ0v) is 16.3. The average Bonchev–Trinajstić information content (AvgIpc) is 3.05. The Kier molecular flexibility index (Phi) is 5.64. The molecule has 136 valence electrons. The van der Waals surface area contributed by atoms with Gasteiger partial charge in [-0.3, -0.25) is 10.1 Å². The Morgan fingerprint density at radius 2 is 1.96 bits per heavy atom. The van der Waals surface area contributed by atoms with Crippen molar-refractivity contribution in [2.24, 2.45) is 0 Å². The number of carbonyl (C=O) groups is 1. The van der Waals surface area contributed by atoms with E-state index in [1.807, 2.05) is 24.3 Å². The molecule has 0 aliphatic heterocycles. The number of carbonyl (C=O) groups excluding carboxylic acids is 1. The fraction of sp³-hybridized carbons (Fsp3) is 0.263. The van der Waals surface area contributed by atoms with E-state index in [4.69, 9.17) is 21.1 Å². The van der Waals surface area contributed by atoms with Crippen LogP contribution in [0.3, 0.4) is 0 Å². The average molecular weight is 391 g/mol. The zero-order chi connectivity index (χ0) is 18.7. The maximum Gasteiger partial charge on any atom is 0.264 e. The van der Waals surface area contributed by atoms with Gasteiger partial charge in [0.05, 0.1) is 16.8 Å². The highest BCUT2D eigenvalue weighted by molar-refractivity contribution is 7.23. The monoisotopic (exact) mass is 390 g/mol. The van der Waals surface area contributed by atoms with E-state index in [1.165, 1.54) is 16.9 Å². The Labute approximate surface area is 160 Å². The summed E-state index contributed by atoms with van der Waals surface area (Å²) in [5.74, 6) is 1.43. The molecule has 0 spiro atoms. The van der Waals surface area contributed by atoms with Crippen molar-refractivity contribution in [3.8, 4) is 11.5 Å². The van der Waals surface area contributed by atoms with Crippen LogP contribution in [0, 0.1) is 0 Å². The van der Waals surface area contributed by atoms with Crippen LogP contribution in [0.4, 0.5) is 5.13 Å². The first-order valence-electron chi connectivity index (χ1n) is 8.13. The molecule has 0 unspecified atom stereocenters. The molecule has 0 bridgehead atoms. The van der Waals surface area contributed by atoms with Gasteiger partial charge in [-0.1, -0.05) is 48.9 Å². The van der Waals surface area contributed by atoms with E-state index in [9.17, 15) is 4.79 Å². The molecule has 0 atom stereocenters. The second-order valence-electron chi connectivity index (χ2n) is 6.01. The topological polar surface area (TPSA) is 60.5 Å². The summed E-state index contributed by atoms with van der Waals surface area (Å²) >= 11 is 7.49. The number of aromatic nitrogens is 1. The summed E-state index contributed by atoms with van der Waals surface area (Å²) in [7, 11) is 1.57. The highest BCUT2D eigenvalue weighted by Gasteiger charge is 2.14. The Bertz CT molecular complexity index is 922.